The molecule has 1 aromatic carbocycles. The Hall–Kier alpha value is -0.600. The van der Waals surface area contributed by atoms with E-state index in [1.807, 2.05) is 0 Å². The third-order valence-electron chi connectivity index (χ3n) is 2.23. The van der Waals surface area contributed by atoms with Crippen LogP contribution in [0, 0.1) is 0 Å². The van der Waals surface area contributed by atoms with Gasteiger partial charge in [0.25, 0.3) is 10.0 Å². The molecule has 0 bridgehead atoms. The highest BCUT2D eigenvalue weighted by Crippen LogP contribution is 2.33. The summed E-state index contributed by atoms with van der Waals surface area (Å²) >= 11 is 10.2. The molecule has 0 spiro atoms. The second-order valence-electron chi connectivity index (χ2n) is 3.62. The van der Waals surface area contributed by atoms with Crippen LogP contribution in [-0.4, -0.2) is 13.5 Å². The Bertz CT molecular complexity index is 700. The van der Waals surface area contributed by atoms with Crippen LogP contribution in [-0.2, 0) is 16.6 Å². The van der Waals surface area contributed by atoms with Crippen LogP contribution in [0.2, 0.25) is 5.02 Å². The molecule has 0 aliphatic rings. The van der Waals surface area contributed by atoms with Crippen LogP contribution >= 0.6 is 38.9 Å². The van der Waals surface area contributed by atoms with E-state index in [1.54, 1.807) is 18.2 Å². The van der Waals surface area contributed by atoms with Crippen LogP contribution in [0.4, 0.5) is 5.69 Å². The number of sulfonamides is 1. The van der Waals surface area contributed by atoms with E-state index in [4.69, 9.17) is 16.7 Å². The minimum atomic E-state index is -3.71. The van der Waals surface area contributed by atoms with Gasteiger partial charge >= 0.3 is 0 Å². The summed E-state index contributed by atoms with van der Waals surface area (Å²) in [5, 5.41) is 9.47. The van der Waals surface area contributed by atoms with Crippen molar-refractivity contribution in [3.63, 3.8) is 0 Å². The Balaban J connectivity index is 2.34. The first-order valence-electron chi connectivity index (χ1n) is 5.10. The Kier molecular flexibility index (Phi) is 4.52. The fourth-order valence-corrected chi connectivity index (χ4v) is 5.20. The summed E-state index contributed by atoms with van der Waals surface area (Å²) in [6.07, 6.45) is 0. The molecule has 1 heterocycles. The van der Waals surface area contributed by atoms with Gasteiger partial charge in [0.15, 0.2) is 0 Å². The highest BCUT2D eigenvalue weighted by molar-refractivity contribution is 9.11. The molecule has 0 atom stereocenters. The first-order chi connectivity index (χ1) is 8.92. The average Bonchev–Trinajstić information content (AvgIpc) is 2.71. The fraction of sp³-hybridized carbons (Fsp3) is 0.0909. The summed E-state index contributed by atoms with van der Waals surface area (Å²) in [4.78, 5) is 0.667. The zero-order chi connectivity index (χ0) is 14.0. The van der Waals surface area contributed by atoms with Crippen LogP contribution in [0.15, 0.2) is 39.0 Å². The van der Waals surface area contributed by atoms with Gasteiger partial charge < -0.3 is 5.11 Å². The maximum Gasteiger partial charge on any atom is 0.263 e. The first-order valence-corrected chi connectivity index (χ1v) is 8.57. The molecular formula is C11H9BrClNO3S2. The number of aliphatic hydroxyl groups is 1. The molecule has 1 aromatic heterocycles. The Labute approximate surface area is 128 Å². The summed E-state index contributed by atoms with van der Waals surface area (Å²) < 4.78 is 27.3. The molecular weight excluding hydrogens is 374 g/mol. The van der Waals surface area contributed by atoms with Gasteiger partial charge in [-0.05, 0) is 40.2 Å². The van der Waals surface area contributed by atoms with E-state index in [0.29, 0.717) is 19.4 Å². The predicted molar refractivity (Wildman–Crippen MR) is 80.2 cm³/mol. The van der Waals surface area contributed by atoms with E-state index in [-0.39, 0.29) is 11.5 Å². The quantitative estimate of drug-likeness (QED) is 0.851. The monoisotopic (exact) mass is 381 g/mol. The van der Waals surface area contributed by atoms with E-state index in [0.717, 1.165) is 0 Å². The molecule has 0 saturated carbocycles. The van der Waals surface area contributed by atoms with Crippen molar-refractivity contribution in [1.82, 2.24) is 0 Å². The molecule has 19 heavy (non-hydrogen) atoms. The van der Waals surface area contributed by atoms with Crippen LogP contribution in [0.25, 0.3) is 0 Å². The molecule has 0 aliphatic heterocycles. The van der Waals surface area contributed by atoms with Crippen LogP contribution in [0.5, 0.6) is 0 Å². The lowest BCUT2D eigenvalue weighted by Crippen LogP contribution is -2.12. The SMILES string of the molecule is O=S(=O)(Nc1cccc(Cl)c1)c1cc(CO)sc1Br. The number of thiophene rings is 1. The van der Waals surface area contributed by atoms with Gasteiger partial charge in [-0.25, -0.2) is 8.42 Å². The van der Waals surface area contributed by atoms with Gasteiger partial charge in [0.05, 0.1) is 16.1 Å². The fourth-order valence-electron chi connectivity index (χ4n) is 1.42. The van der Waals surface area contributed by atoms with Crippen LogP contribution in [0.1, 0.15) is 4.88 Å². The molecule has 2 rings (SSSR count). The van der Waals surface area contributed by atoms with Crippen molar-refractivity contribution < 1.29 is 13.5 Å². The van der Waals surface area contributed by atoms with Gasteiger partial charge in [-0.1, -0.05) is 17.7 Å². The molecule has 0 radical (unpaired) electrons. The maximum atomic E-state index is 12.2. The molecule has 4 nitrogen and oxygen atoms in total. The lowest BCUT2D eigenvalue weighted by molar-refractivity contribution is 0.285. The predicted octanol–water partition coefficient (Wildman–Crippen LogP) is 3.46. The maximum absolute atomic E-state index is 12.2. The third kappa shape index (κ3) is 3.49. The highest BCUT2D eigenvalue weighted by Gasteiger charge is 2.21. The van der Waals surface area contributed by atoms with Crippen molar-refractivity contribution in [3.05, 3.63) is 44.0 Å². The van der Waals surface area contributed by atoms with Crippen molar-refractivity contribution in [2.24, 2.45) is 0 Å². The number of benzene rings is 1. The van der Waals surface area contributed by atoms with Crippen molar-refractivity contribution in [2.75, 3.05) is 4.72 Å². The molecule has 102 valence electrons. The van der Waals surface area contributed by atoms with Gasteiger partial charge in [-0.15, -0.1) is 11.3 Å². The third-order valence-corrected chi connectivity index (χ3v) is 6.08. The number of anilines is 1. The molecule has 0 amide bonds. The average molecular weight is 383 g/mol. The zero-order valence-electron chi connectivity index (χ0n) is 9.43. The van der Waals surface area contributed by atoms with Gasteiger partial charge in [0, 0.05) is 9.90 Å². The van der Waals surface area contributed by atoms with E-state index in [1.165, 1.54) is 23.5 Å². The van der Waals surface area contributed by atoms with Crippen molar-refractivity contribution >= 4 is 54.6 Å². The van der Waals surface area contributed by atoms with Gasteiger partial charge in [0.1, 0.15) is 4.90 Å². The molecule has 0 fully saturated rings. The standard InChI is InChI=1S/C11H9BrClNO3S2/c12-11-10(5-9(6-15)18-11)19(16,17)14-8-3-1-2-7(13)4-8/h1-5,14-15H,6H2. The molecule has 2 N–H and O–H groups in total. The summed E-state index contributed by atoms with van der Waals surface area (Å²) in [5.74, 6) is 0. The molecule has 0 aliphatic carbocycles. The number of hydrogen-bond acceptors (Lipinski definition) is 4. The van der Waals surface area contributed by atoms with Gasteiger partial charge in [-0.3, -0.25) is 4.72 Å². The van der Waals surface area contributed by atoms with Crippen LogP contribution in [0.3, 0.4) is 0 Å². The van der Waals surface area contributed by atoms with E-state index in [9.17, 15) is 8.42 Å². The lowest BCUT2D eigenvalue weighted by atomic mass is 10.3. The second kappa shape index (κ2) is 5.80. The summed E-state index contributed by atoms with van der Waals surface area (Å²) in [6.45, 7) is -0.198. The smallest absolute Gasteiger partial charge is 0.263 e. The molecule has 0 unspecified atom stereocenters. The van der Waals surface area contributed by atoms with Gasteiger partial charge in [-0.2, -0.15) is 0 Å². The number of hydrogen-bond donors (Lipinski definition) is 2. The van der Waals surface area contributed by atoms with Crippen molar-refractivity contribution in [2.45, 2.75) is 11.5 Å². The number of aliphatic hydroxyl groups excluding tert-OH is 1. The zero-order valence-corrected chi connectivity index (χ0v) is 13.4. The topological polar surface area (TPSA) is 66.4 Å². The summed E-state index contributed by atoms with van der Waals surface area (Å²) in [7, 11) is -3.71. The van der Waals surface area contributed by atoms with E-state index >= 15 is 0 Å². The highest BCUT2D eigenvalue weighted by atomic mass is 79.9. The van der Waals surface area contributed by atoms with Crippen LogP contribution < -0.4 is 4.72 Å². The molecule has 2 aromatic rings. The second-order valence-corrected chi connectivity index (χ2v) is 8.17. The summed E-state index contributed by atoms with van der Waals surface area (Å²) in [5.41, 5.74) is 0.385. The number of nitrogens with one attached hydrogen (secondary N) is 1. The number of halogens is 2. The Morgan fingerprint density at radius 1 is 1.37 bits per heavy atom. The van der Waals surface area contributed by atoms with Gasteiger partial charge in [0.2, 0.25) is 0 Å². The summed E-state index contributed by atoms with van der Waals surface area (Å²) in [6, 6.07) is 7.87. The largest absolute Gasteiger partial charge is 0.391 e. The Morgan fingerprint density at radius 3 is 2.68 bits per heavy atom. The minimum Gasteiger partial charge on any atom is -0.391 e. The molecule has 8 heteroatoms. The van der Waals surface area contributed by atoms with Crippen molar-refractivity contribution in [1.29, 1.82) is 0 Å². The number of rotatable bonds is 4. The minimum absolute atomic E-state index is 0.0986. The Morgan fingerprint density at radius 2 is 2.11 bits per heavy atom. The van der Waals surface area contributed by atoms with E-state index < -0.39 is 10.0 Å². The van der Waals surface area contributed by atoms with Crippen molar-refractivity contribution in [3.8, 4) is 0 Å². The molecule has 0 saturated heterocycles. The first kappa shape index (κ1) is 14.8. The lowest BCUT2D eigenvalue weighted by Gasteiger charge is -2.07. The normalized spacial score (nSPS) is 11.5. The van der Waals surface area contributed by atoms with E-state index in [2.05, 4.69) is 20.7 Å².